The van der Waals surface area contributed by atoms with Gasteiger partial charge in [0.05, 0.1) is 5.56 Å². The predicted octanol–water partition coefficient (Wildman–Crippen LogP) is 2.97. The largest absolute Gasteiger partial charge is 0.476 e. The van der Waals surface area contributed by atoms with E-state index < -0.39 is 5.97 Å². The number of carboxylic acids is 1. The minimum Gasteiger partial charge on any atom is -0.476 e. The van der Waals surface area contributed by atoms with E-state index in [0.29, 0.717) is 11.3 Å². The summed E-state index contributed by atoms with van der Waals surface area (Å²) in [5, 5.41) is 12.6. The van der Waals surface area contributed by atoms with E-state index in [-0.39, 0.29) is 5.69 Å². The standard InChI is InChI=1S/C13H13NO3/c1-7-4-5-10(8(2)6-7)11-9(3)17-14-12(11)13(15)16/h4-6H,1-3H3,(H,15,16). The van der Waals surface area contributed by atoms with Crippen LogP contribution in [0.25, 0.3) is 11.1 Å². The molecule has 88 valence electrons. The van der Waals surface area contributed by atoms with E-state index in [1.54, 1.807) is 6.92 Å². The average molecular weight is 231 g/mol. The summed E-state index contributed by atoms with van der Waals surface area (Å²) in [4.78, 5) is 11.1. The van der Waals surface area contributed by atoms with Crippen molar-refractivity contribution in [2.24, 2.45) is 0 Å². The normalized spacial score (nSPS) is 10.5. The molecule has 0 aliphatic rings. The topological polar surface area (TPSA) is 63.3 Å². The third-order valence-corrected chi connectivity index (χ3v) is 2.72. The van der Waals surface area contributed by atoms with Gasteiger partial charge in [-0.3, -0.25) is 0 Å². The molecule has 0 saturated heterocycles. The van der Waals surface area contributed by atoms with Crippen LogP contribution in [0.5, 0.6) is 0 Å². The van der Waals surface area contributed by atoms with Gasteiger partial charge in [0.25, 0.3) is 0 Å². The molecule has 0 amide bonds. The van der Waals surface area contributed by atoms with Gasteiger partial charge in [-0.2, -0.15) is 0 Å². The maximum atomic E-state index is 11.1. The van der Waals surface area contributed by atoms with Crippen LogP contribution in [-0.2, 0) is 0 Å². The highest BCUT2D eigenvalue weighted by molar-refractivity contribution is 5.94. The van der Waals surface area contributed by atoms with E-state index in [1.807, 2.05) is 32.0 Å². The summed E-state index contributed by atoms with van der Waals surface area (Å²) in [6.07, 6.45) is 0. The monoisotopic (exact) mass is 231 g/mol. The molecular weight excluding hydrogens is 218 g/mol. The Morgan fingerprint density at radius 2 is 2.00 bits per heavy atom. The smallest absolute Gasteiger partial charge is 0.358 e. The Bertz CT molecular complexity index is 584. The number of carboxylic acid groups (broad SMARTS) is 1. The van der Waals surface area contributed by atoms with Gasteiger partial charge in [0.15, 0.2) is 5.69 Å². The second-order valence-electron chi connectivity index (χ2n) is 4.09. The van der Waals surface area contributed by atoms with E-state index in [1.165, 1.54) is 0 Å². The zero-order valence-electron chi connectivity index (χ0n) is 9.94. The lowest BCUT2D eigenvalue weighted by Gasteiger charge is -2.06. The summed E-state index contributed by atoms with van der Waals surface area (Å²) in [6, 6.07) is 5.85. The Hall–Kier alpha value is -2.10. The molecular formula is C13H13NO3. The van der Waals surface area contributed by atoms with Gasteiger partial charge in [-0.1, -0.05) is 28.9 Å². The van der Waals surface area contributed by atoms with Crippen molar-refractivity contribution in [3.8, 4) is 11.1 Å². The first kappa shape index (κ1) is 11.4. The fourth-order valence-electron chi connectivity index (χ4n) is 1.93. The van der Waals surface area contributed by atoms with Crippen molar-refractivity contribution in [1.29, 1.82) is 0 Å². The molecule has 0 radical (unpaired) electrons. The first-order valence-electron chi connectivity index (χ1n) is 5.28. The summed E-state index contributed by atoms with van der Waals surface area (Å²) >= 11 is 0. The number of aromatic carboxylic acids is 1. The molecule has 17 heavy (non-hydrogen) atoms. The Labute approximate surface area is 98.9 Å². The summed E-state index contributed by atoms with van der Waals surface area (Å²) in [6.45, 7) is 5.66. The first-order valence-corrected chi connectivity index (χ1v) is 5.28. The number of carbonyl (C=O) groups is 1. The van der Waals surface area contributed by atoms with Crippen LogP contribution < -0.4 is 0 Å². The van der Waals surface area contributed by atoms with Crippen molar-refractivity contribution in [3.05, 3.63) is 40.8 Å². The molecule has 1 heterocycles. The number of nitrogens with zero attached hydrogens (tertiary/aromatic N) is 1. The molecule has 2 aromatic rings. The lowest BCUT2D eigenvalue weighted by Crippen LogP contribution is -2.00. The minimum atomic E-state index is -1.07. The van der Waals surface area contributed by atoms with Gasteiger partial charge in [0, 0.05) is 0 Å². The highest BCUT2D eigenvalue weighted by Gasteiger charge is 2.21. The molecule has 0 aliphatic carbocycles. The molecule has 0 unspecified atom stereocenters. The highest BCUT2D eigenvalue weighted by Crippen LogP contribution is 2.30. The Morgan fingerprint density at radius 3 is 2.59 bits per heavy atom. The third kappa shape index (κ3) is 1.93. The van der Waals surface area contributed by atoms with Crippen LogP contribution in [0.15, 0.2) is 22.7 Å². The average Bonchev–Trinajstić information content (AvgIpc) is 2.60. The number of aryl methyl sites for hydroxylation is 3. The minimum absolute atomic E-state index is 0.0329. The van der Waals surface area contributed by atoms with Crippen LogP contribution in [0.1, 0.15) is 27.4 Å². The Morgan fingerprint density at radius 1 is 1.29 bits per heavy atom. The van der Waals surface area contributed by atoms with Gasteiger partial charge >= 0.3 is 5.97 Å². The fourth-order valence-corrected chi connectivity index (χ4v) is 1.93. The fraction of sp³-hybridized carbons (Fsp3) is 0.231. The van der Waals surface area contributed by atoms with E-state index in [9.17, 15) is 4.79 Å². The molecule has 1 aromatic carbocycles. The van der Waals surface area contributed by atoms with Gasteiger partial charge in [-0.15, -0.1) is 0 Å². The van der Waals surface area contributed by atoms with E-state index >= 15 is 0 Å². The summed E-state index contributed by atoms with van der Waals surface area (Å²) < 4.78 is 4.97. The maximum absolute atomic E-state index is 11.1. The van der Waals surface area contributed by atoms with E-state index in [0.717, 1.165) is 16.7 Å². The molecule has 2 rings (SSSR count). The Balaban J connectivity index is 2.67. The van der Waals surface area contributed by atoms with Crippen LogP contribution in [0.3, 0.4) is 0 Å². The van der Waals surface area contributed by atoms with Gasteiger partial charge < -0.3 is 9.63 Å². The van der Waals surface area contributed by atoms with E-state index in [2.05, 4.69) is 5.16 Å². The number of benzene rings is 1. The molecule has 4 nitrogen and oxygen atoms in total. The molecule has 0 aliphatic heterocycles. The van der Waals surface area contributed by atoms with Crippen LogP contribution in [-0.4, -0.2) is 16.2 Å². The lowest BCUT2D eigenvalue weighted by atomic mass is 9.97. The van der Waals surface area contributed by atoms with E-state index in [4.69, 9.17) is 9.63 Å². The zero-order valence-corrected chi connectivity index (χ0v) is 9.94. The quantitative estimate of drug-likeness (QED) is 0.863. The van der Waals surface area contributed by atoms with Crippen molar-refractivity contribution >= 4 is 5.97 Å². The van der Waals surface area contributed by atoms with Gasteiger partial charge in [0.1, 0.15) is 5.76 Å². The molecule has 4 heteroatoms. The molecule has 0 spiro atoms. The molecule has 0 bridgehead atoms. The number of rotatable bonds is 2. The lowest BCUT2D eigenvalue weighted by molar-refractivity contribution is 0.0686. The number of hydrogen-bond donors (Lipinski definition) is 1. The number of hydrogen-bond acceptors (Lipinski definition) is 3. The van der Waals surface area contributed by atoms with Crippen LogP contribution >= 0.6 is 0 Å². The van der Waals surface area contributed by atoms with Crippen LogP contribution in [0.4, 0.5) is 0 Å². The molecule has 0 atom stereocenters. The molecule has 0 fully saturated rings. The van der Waals surface area contributed by atoms with Crippen molar-refractivity contribution < 1.29 is 14.4 Å². The summed E-state index contributed by atoms with van der Waals surface area (Å²) in [5.74, 6) is -0.550. The summed E-state index contributed by atoms with van der Waals surface area (Å²) in [7, 11) is 0. The second-order valence-corrected chi connectivity index (χ2v) is 4.09. The zero-order chi connectivity index (χ0) is 12.6. The van der Waals surface area contributed by atoms with Crippen LogP contribution in [0.2, 0.25) is 0 Å². The SMILES string of the molecule is Cc1ccc(-c2c(C(=O)O)noc2C)c(C)c1. The second kappa shape index (κ2) is 4.05. The number of aromatic nitrogens is 1. The highest BCUT2D eigenvalue weighted by atomic mass is 16.5. The molecule has 1 N–H and O–H groups in total. The van der Waals surface area contributed by atoms with Gasteiger partial charge in [-0.05, 0) is 31.9 Å². The van der Waals surface area contributed by atoms with Crippen LogP contribution in [0, 0.1) is 20.8 Å². The van der Waals surface area contributed by atoms with Crippen molar-refractivity contribution in [2.45, 2.75) is 20.8 Å². The Kier molecular flexibility index (Phi) is 2.71. The maximum Gasteiger partial charge on any atom is 0.358 e. The summed E-state index contributed by atoms with van der Waals surface area (Å²) in [5.41, 5.74) is 3.53. The predicted molar refractivity (Wildman–Crippen MR) is 63.1 cm³/mol. The van der Waals surface area contributed by atoms with Crippen molar-refractivity contribution in [2.75, 3.05) is 0 Å². The first-order chi connectivity index (χ1) is 8.00. The third-order valence-electron chi connectivity index (χ3n) is 2.72. The van der Waals surface area contributed by atoms with Crippen molar-refractivity contribution in [3.63, 3.8) is 0 Å². The molecule has 1 aromatic heterocycles. The molecule has 0 saturated carbocycles. The van der Waals surface area contributed by atoms with Crippen molar-refractivity contribution in [1.82, 2.24) is 5.16 Å². The van der Waals surface area contributed by atoms with Gasteiger partial charge in [-0.25, -0.2) is 4.79 Å². The van der Waals surface area contributed by atoms with Gasteiger partial charge in [0.2, 0.25) is 0 Å².